The average molecular weight is 510 g/mol. The number of hydrogen-bond donors (Lipinski definition) is 4. The van der Waals surface area contributed by atoms with E-state index >= 15 is 0 Å². The predicted octanol–water partition coefficient (Wildman–Crippen LogP) is 1.80. The third-order valence-electron chi connectivity index (χ3n) is 5.12. The number of nitrogen functional groups attached to an aromatic ring is 1. The summed E-state index contributed by atoms with van der Waals surface area (Å²) in [5.74, 6) is -0.299. The Morgan fingerprint density at radius 1 is 1.12 bits per heavy atom. The van der Waals surface area contributed by atoms with Crippen LogP contribution in [0.1, 0.15) is 21.5 Å². The summed E-state index contributed by atoms with van der Waals surface area (Å²) in [6, 6.07) is 11.6. The second kappa shape index (κ2) is 13.8. The van der Waals surface area contributed by atoms with Gasteiger partial charge in [-0.3, -0.25) is 19.9 Å². The lowest BCUT2D eigenvalue weighted by Crippen LogP contribution is -2.42. The molecular formula is C23H29Cl2N5O4. The third-order valence-corrected chi connectivity index (χ3v) is 5.35. The minimum atomic E-state index is -0.292. The Hall–Kier alpha value is -2.85. The standard InChI is InChI=1S/C23H28ClN5O4.ClH/c24-19-3-1-2-17(12-19)23(31)28-14-18-5-4-16(22(25)26)13-20(18)33-15-21(30)27-6-7-29-8-10-32-11-9-29;/h1-5,12-13H,6-11,14-15H2,(H3,25,26)(H,27,30)(H,28,31);1H. The number of nitrogens with zero attached hydrogens (tertiary/aromatic N) is 1. The molecule has 34 heavy (non-hydrogen) atoms. The largest absolute Gasteiger partial charge is 0.483 e. The van der Waals surface area contributed by atoms with E-state index in [9.17, 15) is 9.59 Å². The number of nitrogens with two attached hydrogens (primary N) is 1. The van der Waals surface area contributed by atoms with Gasteiger partial charge in [-0.05, 0) is 24.3 Å². The number of halogens is 2. The van der Waals surface area contributed by atoms with Gasteiger partial charge in [-0.2, -0.15) is 0 Å². The molecule has 0 radical (unpaired) electrons. The summed E-state index contributed by atoms with van der Waals surface area (Å²) in [5.41, 5.74) is 7.14. The molecule has 0 saturated carbocycles. The van der Waals surface area contributed by atoms with E-state index in [-0.39, 0.29) is 43.2 Å². The van der Waals surface area contributed by atoms with Crippen LogP contribution in [-0.2, 0) is 16.1 Å². The van der Waals surface area contributed by atoms with E-state index in [0.29, 0.717) is 47.2 Å². The molecule has 9 nitrogen and oxygen atoms in total. The molecule has 1 heterocycles. The highest BCUT2D eigenvalue weighted by Gasteiger charge is 2.13. The number of carbonyl (C=O) groups is 2. The Labute approximate surface area is 209 Å². The monoisotopic (exact) mass is 509 g/mol. The van der Waals surface area contributed by atoms with Gasteiger partial charge in [0.25, 0.3) is 11.8 Å². The van der Waals surface area contributed by atoms with E-state index in [1.807, 2.05) is 0 Å². The molecule has 1 aliphatic heterocycles. The average Bonchev–Trinajstić information content (AvgIpc) is 2.82. The Morgan fingerprint density at radius 3 is 2.59 bits per heavy atom. The van der Waals surface area contributed by atoms with Gasteiger partial charge in [0.05, 0.1) is 13.2 Å². The first-order valence-corrected chi connectivity index (χ1v) is 11.0. The molecule has 2 aromatic carbocycles. The maximum atomic E-state index is 12.4. The van der Waals surface area contributed by atoms with Crippen LogP contribution in [0.5, 0.6) is 5.75 Å². The molecule has 3 rings (SSSR count). The van der Waals surface area contributed by atoms with Crippen LogP contribution in [0.15, 0.2) is 42.5 Å². The van der Waals surface area contributed by atoms with Crippen LogP contribution in [0.25, 0.3) is 0 Å². The normalized spacial score (nSPS) is 13.4. The fourth-order valence-corrected chi connectivity index (χ4v) is 3.47. The molecule has 1 saturated heterocycles. The van der Waals surface area contributed by atoms with Gasteiger partial charge in [0.2, 0.25) is 0 Å². The summed E-state index contributed by atoms with van der Waals surface area (Å²) in [6.07, 6.45) is 0. The van der Waals surface area contributed by atoms with Gasteiger partial charge in [0, 0.05) is 54.4 Å². The summed E-state index contributed by atoms with van der Waals surface area (Å²) in [5, 5.41) is 13.8. The predicted molar refractivity (Wildman–Crippen MR) is 133 cm³/mol. The number of benzene rings is 2. The van der Waals surface area contributed by atoms with Crippen molar-refractivity contribution >= 4 is 41.7 Å². The molecular weight excluding hydrogens is 481 g/mol. The molecule has 2 aromatic rings. The van der Waals surface area contributed by atoms with Crippen molar-refractivity contribution in [2.45, 2.75) is 6.54 Å². The van der Waals surface area contributed by atoms with E-state index in [4.69, 9.17) is 32.2 Å². The van der Waals surface area contributed by atoms with Crippen LogP contribution in [0.3, 0.4) is 0 Å². The van der Waals surface area contributed by atoms with Crippen LogP contribution < -0.4 is 21.1 Å². The maximum absolute atomic E-state index is 12.4. The zero-order valence-corrected chi connectivity index (χ0v) is 20.2. The second-order valence-electron chi connectivity index (χ2n) is 7.52. The molecule has 184 valence electrons. The molecule has 5 N–H and O–H groups in total. The number of carbonyl (C=O) groups excluding carboxylic acids is 2. The lowest BCUT2D eigenvalue weighted by Gasteiger charge is -2.26. The topological polar surface area (TPSA) is 130 Å². The van der Waals surface area contributed by atoms with Crippen molar-refractivity contribution in [2.75, 3.05) is 46.0 Å². The van der Waals surface area contributed by atoms with E-state index < -0.39 is 0 Å². The molecule has 1 aliphatic rings. The van der Waals surface area contributed by atoms with Crippen molar-refractivity contribution < 1.29 is 19.1 Å². The van der Waals surface area contributed by atoms with Gasteiger partial charge in [-0.25, -0.2) is 0 Å². The molecule has 0 aliphatic carbocycles. The van der Waals surface area contributed by atoms with Crippen LogP contribution in [0.2, 0.25) is 5.02 Å². The van der Waals surface area contributed by atoms with Gasteiger partial charge in [-0.15, -0.1) is 12.4 Å². The van der Waals surface area contributed by atoms with Crippen LogP contribution >= 0.6 is 24.0 Å². The highest BCUT2D eigenvalue weighted by Crippen LogP contribution is 2.21. The summed E-state index contributed by atoms with van der Waals surface area (Å²) < 4.78 is 11.0. The fraction of sp³-hybridized carbons (Fsp3) is 0.348. The number of ether oxygens (including phenoxy) is 2. The zero-order valence-electron chi connectivity index (χ0n) is 18.6. The van der Waals surface area contributed by atoms with E-state index in [1.165, 1.54) is 0 Å². The minimum absolute atomic E-state index is 0. The van der Waals surface area contributed by atoms with Crippen molar-refractivity contribution in [3.8, 4) is 5.75 Å². The number of morpholine rings is 1. The van der Waals surface area contributed by atoms with Crippen molar-refractivity contribution in [3.63, 3.8) is 0 Å². The molecule has 0 aromatic heterocycles. The summed E-state index contributed by atoms with van der Waals surface area (Å²) >= 11 is 5.95. The quantitative estimate of drug-likeness (QED) is 0.285. The van der Waals surface area contributed by atoms with Gasteiger partial charge in [0.15, 0.2) is 6.61 Å². The number of nitrogens with one attached hydrogen (secondary N) is 3. The summed E-state index contributed by atoms with van der Waals surface area (Å²) in [6.45, 7) is 4.36. The van der Waals surface area contributed by atoms with Crippen molar-refractivity contribution in [1.82, 2.24) is 15.5 Å². The van der Waals surface area contributed by atoms with E-state index in [0.717, 1.165) is 19.6 Å². The summed E-state index contributed by atoms with van der Waals surface area (Å²) in [4.78, 5) is 26.9. The van der Waals surface area contributed by atoms with Crippen LogP contribution in [0.4, 0.5) is 0 Å². The zero-order chi connectivity index (χ0) is 23.6. The highest BCUT2D eigenvalue weighted by atomic mass is 35.5. The fourth-order valence-electron chi connectivity index (χ4n) is 3.28. The van der Waals surface area contributed by atoms with Gasteiger partial charge >= 0.3 is 0 Å². The first-order valence-electron chi connectivity index (χ1n) is 10.6. The Kier molecular flexibility index (Phi) is 11.1. The lowest BCUT2D eigenvalue weighted by molar-refractivity contribution is -0.123. The molecule has 0 atom stereocenters. The molecule has 0 spiro atoms. The van der Waals surface area contributed by atoms with Crippen LogP contribution in [-0.4, -0.2) is 68.5 Å². The van der Waals surface area contributed by atoms with E-state index in [1.54, 1.807) is 42.5 Å². The molecule has 1 fully saturated rings. The number of hydrogen-bond acceptors (Lipinski definition) is 6. The Bertz CT molecular complexity index is 999. The van der Waals surface area contributed by atoms with Gasteiger partial charge in [-0.1, -0.05) is 29.8 Å². The van der Waals surface area contributed by atoms with E-state index in [2.05, 4.69) is 15.5 Å². The molecule has 11 heteroatoms. The lowest BCUT2D eigenvalue weighted by atomic mass is 10.1. The maximum Gasteiger partial charge on any atom is 0.257 e. The van der Waals surface area contributed by atoms with Crippen molar-refractivity contribution in [2.24, 2.45) is 5.73 Å². The third kappa shape index (κ3) is 8.49. The van der Waals surface area contributed by atoms with Crippen LogP contribution in [0, 0.1) is 5.41 Å². The second-order valence-corrected chi connectivity index (χ2v) is 7.96. The van der Waals surface area contributed by atoms with Gasteiger partial charge in [0.1, 0.15) is 11.6 Å². The highest BCUT2D eigenvalue weighted by molar-refractivity contribution is 6.30. The van der Waals surface area contributed by atoms with Crippen molar-refractivity contribution in [1.29, 1.82) is 5.41 Å². The van der Waals surface area contributed by atoms with Crippen molar-refractivity contribution in [3.05, 3.63) is 64.2 Å². The first kappa shape index (κ1) is 27.4. The Balaban J connectivity index is 0.00000408. The number of amidine groups is 1. The Morgan fingerprint density at radius 2 is 1.88 bits per heavy atom. The minimum Gasteiger partial charge on any atom is -0.483 e. The SMILES string of the molecule is Cl.N=C(N)c1ccc(CNC(=O)c2cccc(Cl)c2)c(OCC(=O)NCCN2CCOCC2)c1. The molecule has 0 unspecified atom stereocenters. The van der Waals surface area contributed by atoms with Gasteiger partial charge < -0.3 is 25.8 Å². The summed E-state index contributed by atoms with van der Waals surface area (Å²) in [7, 11) is 0. The molecule has 0 bridgehead atoms. The number of rotatable bonds is 10. The smallest absolute Gasteiger partial charge is 0.257 e. The first-order chi connectivity index (χ1) is 15.9. The molecule has 2 amide bonds. The number of amides is 2.